The first kappa shape index (κ1) is 17.3. The quantitative estimate of drug-likeness (QED) is 0.833. The molecule has 26 heavy (non-hydrogen) atoms. The van der Waals surface area contributed by atoms with Crippen molar-refractivity contribution in [3.63, 3.8) is 0 Å². The zero-order valence-corrected chi connectivity index (χ0v) is 15.8. The Morgan fingerprint density at radius 3 is 2.69 bits per heavy atom. The third-order valence-corrected chi connectivity index (χ3v) is 5.83. The number of aliphatic hydroxyl groups excluding tert-OH is 1. The van der Waals surface area contributed by atoms with Crippen molar-refractivity contribution in [2.24, 2.45) is 5.92 Å². The molecule has 1 aliphatic carbocycles. The second-order valence-corrected chi connectivity index (χ2v) is 7.80. The van der Waals surface area contributed by atoms with Crippen LogP contribution in [0, 0.1) is 5.92 Å². The lowest BCUT2D eigenvalue weighted by Gasteiger charge is -2.30. The molecule has 2 aromatic rings. The minimum atomic E-state index is -0.0364. The Morgan fingerprint density at radius 1 is 1.23 bits per heavy atom. The average Bonchev–Trinajstić information content (AvgIpc) is 3.25. The number of nitrogens with one attached hydrogen (secondary N) is 1. The molecule has 1 aliphatic heterocycles. The molecule has 0 saturated carbocycles. The van der Waals surface area contributed by atoms with Crippen LogP contribution in [-0.4, -0.2) is 34.3 Å². The second kappa shape index (κ2) is 6.88. The summed E-state index contributed by atoms with van der Waals surface area (Å²) in [5.41, 5.74) is 4.00. The highest BCUT2D eigenvalue weighted by Crippen LogP contribution is 2.51. The molecule has 3 atom stereocenters. The maximum Gasteiger partial charge on any atom is 0.225 e. The third kappa shape index (κ3) is 2.94. The fourth-order valence-electron chi connectivity index (χ4n) is 4.26. The van der Waals surface area contributed by atoms with Crippen LogP contribution in [0.5, 0.6) is 0 Å². The summed E-state index contributed by atoms with van der Waals surface area (Å²) in [6, 6.07) is 11.3. The molecular formula is C21H28N4O. The van der Waals surface area contributed by atoms with E-state index in [1.54, 1.807) is 0 Å². The van der Waals surface area contributed by atoms with Gasteiger partial charge in [0.25, 0.3) is 0 Å². The molecular weight excluding hydrogens is 324 g/mol. The van der Waals surface area contributed by atoms with E-state index in [0.29, 0.717) is 23.8 Å². The normalized spacial score (nSPS) is 22.0. The first-order valence-electron chi connectivity index (χ1n) is 9.71. The zero-order chi connectivity index (χ0) is 18.3. The van der Waals surface area contributed by atoms with Crippen LogP contribution in [0.1, 0.15) is 56.0 Å². The summed E-state index contributed by atoms with van der Waals surface area (Å²) in [5.74, 6) is 2.55. The molecule has 5 nitrogen and oxygen atoms in total. The SMILES string of the molecule is CCc1cc(N2C[C@H]3C[C@H]2c2ccccc23)nc(N[C@H](CO)C(C)C)n1. The molecule has 5 heteroatoms. The highest BCUT2D eigenvalue weighted by Gasteiger charge is 2.42. The minimum absolute atomic E-state index is 0.0364. The van der Waals surface area contributed by atoms with Crippen LogP contribution in [0.3, 0.4) is 0 Å². The Morgan fingerprint density at radius 2 is 2.00 bits per heavy atom. The molecule has 2 heterocycles. The monoisotopic (exact) mass is 352 g/mol. The third-order valence-electron chi connectivity index (χ3n) is 5.83. The zero-order valence-electron chi connectivity index (χ0n) is 15.8. The van der Waals surface area contributed by atoms with Gasteiger partial charge in [0.15, 0.2) is 0 Å². The van der Waals surface area contributed by atoms with Gasteiger partial charge in [-0.05, 0) is 29.9 Å². The van der Waals surface area contributed by atoms with Gasteiger partial charge in [0, 0.05) is 24.2 Å². The lowest BCUT2D eigenvalue weighted by molar-refractivity contribution is 0.248. The fourth-order valence-corrected chi connectivity index (χ4v) is 4.26. The number of nitrogens with zero attached hydrogens (tertiary/aromatic N) is 3. The highest BCUT2D eigenvalue weighted by molar-refractivity contribution is 5.55. The minimum Gasteiger partial charge on any atom is -0.394 e. The smallest absolute Gasteiger partial charge is 0.225 e. The van der Waals surface area contributed by atoms with Crippen molar-refractivity contribution in [3.05, 3.63) is 47.2 Å². The van der Waals surface area contributed by atoms with E-state index in [-0.39, 0.29) is 12.6 Å². The molecule has 1 aromatic heterocycles. The van der Waals surface area contributed by atoms with Gasteiger partial charge >= 0.3 is 0 Å². The van der Waals surface area contributed by atoms with Crippen LogP contribution < -0.4 is 10.2 Å². The maximum absolute atomic E-state index is 9.63. The number of aromatic nitrogens is 2. The first-order valence-corrected chi connectivity index (χ1v) is 9.71. The van der Waals surface area contributed by atoms with E-state index in [0.717, 1.165) is 24.5 Å². The van der Waals surface area contributed by atoms with Crippen molar-refractivity contribution in [2.45, 2.75) is 51.6 Å². The maximum atomic E-state index is 9.63. The molecule has 0 unspecified atom stereocenters. The molecule has 0 spiro atoms. The summed E-state index contributed by atoms with van der Waals surface area (Å²) >= 11 is 0. The van der Waals surface area contributed by atoms with E-state index in [2.05, 4.69) is 66.3 Å². The van der Waals surface area contributed by atoms with Crippen LogP contribution >= 0.6 is 0 Å². The Labute approximate surface area is 155 Å². The Bertz CT molecular complexity index is 791. The van der Waals surface area contributed by atoms with Crippen LogP contribution in [0.2, 0.25) is 0 Å². The van der Waals surface area contributed by atoms with E-state index >= 15 is 0 Å². The summed E-state index contributed by atoms with van der Waals surface area (Å²) in [6.07, 6.45) is 2.05. The van der Waals surface area contributed by atoms with Crippen molar-refractivity contribution >= 4 is 11.8 Å². The number of aryl methyl sites for hydroxylation is 1. The van der Waals surface area contributed by atoms with Gasteiger partial charge in [0.1, 0.15) is 5.82 Å². The largest absolute Gasteiger partial charge is 0.394 e. The van der Waals surface area contributed by atoms with E-state index in [4.69, 9.17) is 4.98 Å². The lowest BCUT2D eigenvalue weighted by atomic mass is 9.99. The molecule has 0 amide bonds. The summed E-state index contributed by atoms with van der Waals surface area (Å²) in [5, 5.41) is 13.0. The van der Waals surface area contributed by atoms with Gasteiger partial charge in [-0.15, -0.1) is 0 Å². The molecule has 2 N–H and O–H groups in total. The Kier molecular flexibility index (Phi) is 4.57. The topological polar surface area (TPSA) is 61.3 Å². The Hall–Kier alpha value is -2.14. The average molecular weight is 352 g/mol. The fraction of sp³-hybridized carbons (Fsp3) is 0.524. The van der Waals surface area contributed by atoms with Crippen LogP contribution in [0.4, 0.5) is 11.8 Å². The number of hydrogen-bond acceptors (Lipinski definition) is 5. The van der Waals surface area contributed by atoms with Gasteiger partial charge in [-0.25, -0.2) is 4.98 Å². The van der Waals surface area contributed by atoms with E-state index in [1.807, 2.05) is 0 Å². The number of hydrogen-bond donors (Lipinski definition) is 2. The Balaban J connectivity index is 1.64. The molecule has 2 bridgehead atoms. The van der Waals surface area contributed by atoms with Crippen molar-refractivity contribution in [1.82, 2.24) is 9.97 Å². The molecule has 4 rings (SSSR count). The molecule has 1 fully saturated rings. The van der Waals surface area contributed by atoms with E-state index in [9.17, 15) is 5.11 Å². The van der Waals surface area contributed by atoms with Crippen molar-refractivity contribution in [1.29, 1.82) is 0 Å². The molecule has 1 aromatic carbocycles. The van der Waals surface area contributed by atoms with Crippen LogP contribution in [0.25, 0.3) is 0 Å². The summed E-state index contributed by atoms with van der Waals surface area (Å²) in [6.45, 7) is 7.40. The van der Waals surface area contributed by atoms with Gasteiger partial charge in [-0.1, -0.05) is 45.0 Å². The number of anilines is 2. The number of benzene rings is 1. The molecule has 1 saturated heterocycles. The summed E-state index contributed by atoms with van der Waals surface area (Å²) in [4.78, 5) is 11.9. The van der Waals surface area contributed by atoms with Gasteiger partial charge in [-0.3, -0.25) is 0 Å². The predicted molar refractivity (Wildman–Crippen MR) is 105 cm³/mol. The van der Waals surface area contributed by atoms with Crippen molar-refractivity contribution < 1.29 is 5.11 Å². The number of rotatable bonds is 6. The highest BCUT2D eigenvalue weighted by atomic mass is 16.3. The van der Waals surface area contributed by atoms with Gasteiger partial charge in [0.05, 0.1) is 18.7 Å². The standard InChI is InChI=1S/C21H28N4O/c1-4-15-10-20(24-21(22-15)23-18(12-26)13(2)3)25-11-14-9-19(25)17-8-6-5-7-16(14)17/h5-8,10,13-14,18-19,26H,4,9,11-12H2,1-3H3,(H,22,23,24)/t14-,18-,19+/m1/s1. The molecule has 0 radical (unpaired) electrons. The van der Waals surface area contributed by atoms with E-state index < -0.39 is 0 Å². The van der Waals surface area contributed by atoms with Crippen LogP contribution in [0.15, 0.2) is 30.3 Å². The second-order valence-electron chi connectivity index (χ2n) is 7.80. The molecule has 138 valence electrons. The number of fused-ring (bicyclic) bond motifs is 5. The van der Waals surface area contributed by atoms with Gasteiger partial charge < -0.3 is 15.3 Å². The predicted octanol–water partition coefficient (Wildman–Crippen LogP) is 3.52. The first-order chi connectivity index (χ1) is 12.6. The van der Waals surface area contributed by atoms with E-state index in [1.165, 1.54) is 17.5 Å². The van der Waals surface area contributed by atoms with Crippen LogP contribution in [-0.2, 0) is 6.42 Å². The van der Waals surface area contributed by atoms with Gasteiger partial charge in [0.2, 0.25) is 5.95 Å². The van der Waals surface area contributed by atoms with Crippen molar-refractivity contribution in [3.8, 4) is 0 Å². The number of aliphatic hydroxyl groups is 1. The molecule has 2 aliphatic rings. The van der Waals surface area contributed by atoms with Gasteiger partial charge in [-0.2, -0.15) is 4.98 Å². The summed E-state index contributed by atoms with van der Waals surface area (Å²) < 4.78 is 0. The lowest BCUT2D eigenvalue weighted by Crippen LogP contribution is -2.32. The summed E-state index contributed by atoms with van der Waals surface area (Å²) in [7, 11) is 0. The van der Waals surface area contributed by atoms with Crippen molar-refractivity contribution in [2.75, 3.05) is 23.4 Å².